The molecule has 1 amide bonds. The average molecular weight is 625 g/mol. The van der Waals surface area contributed by atoms with Gasteiger partial charge in [0.15, 0.2) is 11.5 Å². The van der Waals surface area contributed by atoms with Crippen molar-refractivity contribution in [3.63, 3.8) is 0 Å². The molecule has 0 aliphatic heterocycles. The zero-order valence-corrected chi connectivity index (χ0v) is 26.2. The number of amides is 1. The SMILES string of the molecule is COc1ccc(S(=O)(=O)N(CC(=O)Nc2ccc(C34CC5CC(CC(C5)C3)C4)cc2)c2cc(Cl)ccc2OC)cc1OC. The highest BCUT2D eigenvalue weighted by Crippen LogP contribution is 2.60. The van der Waals surface area contributed by atoms with Gasteiger partial charge in [-0.2, -0.15) is 0 Å². The van der Waals surface area contributed by atoms with Crippen LogP contribution in [0.1, 0.15) is 44.1 Å². The van der Waals surface area contributed by atoms with Crippen LogP contribution in [-0.2, 0) is 20.2 Å². The molecule has 4 aliphatic carbocycles. The molecule has 0 saturated heterocycles. The molecule has 0 aromatic heterocycles. The molecule has 1 N–H and O–H groups in total. The van der Waals surface area contributed by atoms with Gasteiger partial charge in [-0.05, 0) is 110 Å². The molecule has 4 fully saturated rings. The van der Waals surface area contributed by atoms with Crippen LogP contribution in [0, 0.1) is 17.8 Å². The van der Waals surface area contributed by atoms with Gasteiger partial charge >= 0.3 is 0 Å². The smallest absolute Gasteiger partial charge is 0.265 e. The highest BCUT2D eigenvalue weighted by atomic mass is 35.5. The number of hydrogen-bond acceptors (Lipinski definition) is 6. The summed E-state index contributed by atoms with van der Waals surface area (Å²) in [5.74, 6) is 2.89. The van der Waals surface area contributed by atoms with Crippen molar-refractivity contribution in [3.05, 3.63) is 71.2 Å². The normalized spacial score (nSPS) is 24.0. The van der Waals surface area contributed by atoms with Crippen molar-refractivity contribution in [2.24, 2.45) is 17.8 Å². The summed E-state index contributed by atoms with van der Waals surface area (Å²) in [5, 5.41) is 3.19. The third-order valence-corrected chi connectivity index (χ3v) is 11.4. The summed E-state index contributed by atoms with van der Waals surface area (Å²) in [5.41, 5.74) is 2.35. The molecule has 43 heavy (non-hydrogen) atoms. The predicted octanol–water partition coefficient (Wildman–Crippen LogP) is 6.67. The predicted molar refractivity (Wildman–Crippen MR) is 167 cm³/mol. The van der Waals surface area contributed by atoms with Gasteiger partial charge in [-0.1, -0.05) is 23.7 Å². The van der Waals surface area contributed by atoms with E-state index in [2.05, 4.69) is 17.4 Å². The zero-order valence-electron chi connectivity index (χ0n) is 24.6. The third-order valence-electron chi connectivity index (χ3n) is 9.46. The van der Waals surface area contributed by atoms with E-state index in [-0.39, 0.29) is 27.5 Å². The molecule has 0 spiro atoms. The van der Waals surface area contributed by atoms with Gasteiger partial charge in [0.05, 0.1) is 31.9 Å². The minimum Gasteiger partial charge on any atom is -0.495 e. The first-order valence-corrected chi connectivity index (χ1v) is 16.4. The maximum absolute atomic E-state index is 14.1. The Kier molecular flexibility index (Phi) is 7.98. The Morgan fingerprint density at radius 1 is 0.837 bits per heavy atom. The second-order valence-corrected chi connectivity index (χ2v) is 14.5. The third kappa shape index (κ3) is 5.65. The molecule has 7 rings (SSSR count). The summed E-state index contributed by atoms with van der Waals surface area (Å²) in [4.78, 5) is 13.4. The zero-order chi connectivity index (χ0) is 30.4. The van der Waals surface area contributed by atoms with E-state index in [9.17, 15) is 13.2 Å². The molecule has 3 aromatic carbocycles. The van der Waals surface area contributed by atoms with Crippen molar-refractivity contribution in [1.29, 1.82) is 0 Å². The largest absolute Gasteiger partial charge is 0.495 e. The molecule has 4 aliphatic rings. The van der Waals surface area contributed by atoms with Crippen LogP contribution >= 0.6 is 11.6 Å². The number of halogens is 1. The lowest BCUT2D eigenvalue weighted by molar-refractivity contribution is -0.114. The number of sulfonamides is 1. The van der Waals surface area contributed by atoms with Crippen LogP contribution in [0.5, 0.6) is 17.2 Å². The number of carbonyl (C=O) groups excluding carboxylic acids is 1. The topological polar surface area (TPSA) is 94.2 Å². The standard InChI is InChI=1S/C33H37ClN2O6S/c1-40-29-10-6-25(34)15-28(29)36(43(38,39)27-9-11-30(41-2)31(16-27)42-3)20-32(37)35-26-7-4-24(5-8-26)33-17-21-12-22(18-33)14-23(13-21)19-33/h4-11,15-16,21-23H,12-14,17-20H2,1-3H3,(H,35,37). The van der Waals surface area contributed by atoms with Gasteiger partial charge in [-0.3, -0.25) is 9.10 Å². The lowest BCUT2D eigenvalue weighted by Gasteiger charge is -2.57. The van der Waals surface area contributed by atoms with Crippen LogP contribution in [0.4, 0.5) is 11.4 Å². The molecule has 228 valence electrons. The summed E-state index contributed by atoms with van der Waals surface area (Å²) in [6, 6.07) is 17.0. The number of nitrogens with one attached hydrogen (secondary N) is 1. The fourth-order valence-electron chi connectivity index (χ4n) is 7.96. The second kappa shape index (κ2) is 11.6. The van der Waals surface area contributed by atoms with Crippen LogP contribution in [0.3, 0.4) is 0 Å². The maximum Gasteiger partial charge on any atom is 0.265 e. The minimum absolute atomic E-state index is 0.0834. The van der Waals surface area contributed by atoms with E-state index < -0.39 is 22.5 Å². The lowest BCUT2D eigenvalue weighted by atomic mass is 9.48. The van der Waals surface area contributed by atoms with Crippen molar-refractivity contribution >= 4 is 38.9 Å². The molecule has 8 nitrogen and oxygen atoms in total. The van der Waals surface area contributed by atoms with Crippen molar-refractivity contribution in [3.8, 4) is 17.2 Å². The van der Waals surface area contributed by atoms with E-state index in [0.29, 0.717) is 16.5 Å². The van der Waals surface area contributed by atoms with E-state index in [1.54, 1.807) is 12.1 Å². The molecular formula is C33H37ClN2O6S. The van der Waals surface area contributed by atoms with Crippen molar-refractivity contribution in [2.75, 3.05) is 37.5 Å². The Labute approximate surface area is 258 Å². The number of benzene rings is 3. The van der Waals surface area contributed by atoms with Crippen LogP contribution in [-0.4, -0.2) is 42.2 Å². The van der Waals surface area contributed by atoms with Gasteiger partial charge in [0.2, 0.25) is 5.91 Å². The molecule has 0 heterocycles. The number of nitrogens with zero attached hydrogens (tertiary/aromatic N) is 1. The van der Waals surface area contributed by atoms with Crippen LogP contribution in [0.15, 0.2) is 65.6 Å². The molecule has 0 radical (unpaired) electrons. The highest BCUT2D eigenvalue weighted by molar-refractivity contribution is 7.92. The van der Waals surface area contributed by atoms with Crippen LogP contribution in [0.2, 0.25) is 5.02 Å². The Balaban J connectivity index is 1.26. The number of hydrogen-bond donors (Lipinski definition) is 1. The van der Waals surface area contributed by atoms with Crippen molar-refractivity contribution in [2.45, 2.75) is 48.8 Å². The van der Waals surface area contributed by atoms with Gasteiger partial charge < -0.3 is 19.5 Å². The number of carbonyl (C=O) groups is 1. The van der Waals surface area contributed by atoms with E-state index in [4.69, 9.17) is 25.8 Å². The Hall–Kier alpha value is -3.43. The summed E-state index contributed by atoms with van der Waals surface area (Å²) < 4.78 is 45.2. The quantitative estimate of drug-likeness (QED) is 0.271. The molecule has 3 aromatic rings. The summed E-state index contributed by atoms with van der Waals surface area (Å²) in [7, 11) is 0.0391. The van der Waals surface area contributed by atoms with Gasteiger partial charge in [-0.25, -0.2) is 8.42 Å². The molecule has 10 heteroatoms. The first-order chi connectivity index (χ1) is 20.6. The molecule has 4 bridgehead atoms. The number of methoxy groups -OCH3 is 3. The summed E-state index contributed by atoms with van der Waals surface area (Å²) in [6.45, 7) is -0.510. The van der Waals surface area contributed by atoms with Crippen LogP contribution in [0.25, 0.3) is 0 Å². The van der Waals surface area contributed by atoms with E-state index in [1.165, 1.54) is 89.7 Å². The van der Waals surface area contributed by atoms with Gasteiger partial charge in [0.25, 0.3) is 10.0 Å². The Morgan fingerprint density at radius 3 is 2.00 bits per heavy atom. The average Bonchev–Trinajstić information content (AvgIpc) is 2.99. The van der Waals surface area contributed by atoms with Gasteiger partial charge in [0, 0.05) is 16.8 Å². The van der Waals surface area contributed by atoms with Crippen LogP contribution < -0.4 is 23.8 Å². The first-order valence-electron chi connectivity index (χ1n) is 14.6. The maximum atomic E-state index is 14.1. The van der Waals surface area contributed by atoms with E-state index in [0.717, 1.165) is 22.1 Å². The van der Waals surface area contributed by atoms with Crippen molar-refractivity contribution < 1.29 is 27.4 Å². The van der Waals surface area contributed by atoms with Gasteiger partial charge in [-0.15, -0.1) is 0 Å². The monoisotopic (exact) mass is 624 g/mol. The number of ether oxygens (including phenoxy) is 3. The fraction of sp³-hybridized carbons (Fsp3) is 0.424. The minimum atomic E-state index is -4.28. The van der Waals surface area contributed by atoms with E-state index in [1.807, 2.05) is 12.1 Å². The fourth-order valence-corrected chi connectivity index (χ4v) is 9.57. The summed E-state index contributed by atoms with van der Waals surface area (Å²) in [6.07, 6.45) is 7.92. The Morgan fingerprint density at radius 2 is 1.42 bits per heavy atom. The number of anilines is 2. The first kappa shape index (κ1) is 29.6. The summed E-state index contributed by atoms with van der Waals surface area (Å²) >= 11 is 6.28. The molecule has 0 atom stereocenters. The van der Waals surface area contributed by atoms with Gasteiger partial charge in [0.1, 0.15) is 12.3 Å². The lowest BCUT2D eigenvalue weighted by Crippen LogP contribution is -2.48. The molecule has 4 saturated carbocycles. The van der Waals surface area contributed by atoms with Crippen molar-refractivity contribution in [1.82, 2.24) is 0 Å². The molecule has 0 unspecified atom stereocenters. The molecular weight excluding hydrogens is 588 g/mol. The Bertz CT molecular complexity index is 1590. The second-order valence-electron chi connectivity index (χ2n) is 12.2. The highest BCUT2D eigenvalue weighted by Gasteiger charge is 2.51. The van der Waals surface area contributed by atoms with E-state index >= 15 is 0 Å². The number of rotatable bonds is 10.